The minimum atomic E-state index is -4.70. The molecule has 2 aliphatic rings. The van der Waals surface area contributed by atoms with E-state index >= 15 is 0 Å². The van der Waals surface area contributed by atoms with Crippen LogP contribution in [0.15, 0.2) is 12.4 Å². The molecule has 110 valence electrons. The highest BCUT2D eigenvalue weighted by Gasteiger charge is 2.47. The van der Waals surface area contributed by atoms with E-state index in [9.17, 15) is 13.2 Å². The maximum atomic E-state index is 12.1. The summed E-state index contributed by atoms with van der Waals surface area (Å²) in [5.74, 6) is 0. The summed E-state index contributed by atoms with van der Waals surface area (Å²) < 4.78 is 36.2. The molecule has 2 aliphatic heterocycles. The predicted octanol–water partition coefficient (Wildman–Crippen LogP) is -0.719. The summed E-state index contributed by atoms with van der Waals surface area (Å²) in [5.41, 5.74) is 0. The van der Waals surface area contributed by atoms with E-state index < -0.39 is 16.4 Å². The van der Waals surface area contributed by atoms with Crippen molar-refractivity contribution < 1.29 is 22.0 Å². The van der Waals surface area contributed by atoms with Gasteiger partial charge in [0.2, 0.25) is 0 Å². The second-order valence-electron chi connectivity index (χ2n) is 4.77. The molecule has 2 atom stereocenters. The molecular weight excluding hydrogens is 290 g/mol. The normalized spacial score (nSPS) is 26.4. The Labute approximate surface area is 114 Å². The molecule has 1 N–H and O–H groups in total. The topological polar surface area (TPSA) is 118 Å². The third-order valence-electron chi connectivity index (χ3n) is 3.49. The predicted molar refractivity (Wildman–Crippen MR) is 63.4 cm³/mol. The first-order valence-electron chi connectivity index (χ1n) is 6.05. The first kappa shape index (κ1) is 13.3. The molecule has 0 aromatic carbocycles. The van der Waals surface area contributed by atoms with Gasteiger partial charge in [-0.2, -0.15) is 13.5 Å². The number of aromatic nitrogens is 3. The summed E-state index contributed by atoms with van der Waals surface area (Å²) >= 11 is 0. The number of carbonyl (C=O) groups excluding carboxylic acids is 1. The Balaban J connectivity index is 1.74. The number of hydrogen-bond acceptors (Lipinski definition) is 6. The van der Waals surface area contributed by atoms with Gasteiger partial charge in [0, 0.05) is 12.7 Å². The van der Waals surface area contributed by atoms with Crippen molar-refractivity contribution in [3.05, 3.63) is 12.4 Å². The van der Waals surface area contributed by atoms with Crippen LogP contribution in [0, 0.1) is 0 Å². The Morgan fingerprint density at radius 3 is 2.90 bits per heavy atom. The average molecular weight is 303 g/mol. The van der Waals surface area contributed by atoms with Gasteiger partial charge in [0.25, 0.3) is 0 Å². The molecule has 2 bridgehead atoms. The highest BCUT2D eigenvalue weighted by Crippen LogP contribution is 2.31. The van der Waals surface area contributed by atoms with Crippen LogP contribution < -0.4 is 0 Å². The lowest BCUT2D eigenvalue weighted by Crippen LogP contribution is -2.42. The molecule has 0 aliphatic carbocycles. The van der Waals surface area contributed by atoms with Gasteiger partial charge >= 0.3 is 16.4 Å². The molecular formula is C9H13N5O5S. The molecule has 11 heteroatoms. The monoisotopic (exact) mass is 303 g/mol. The zero-order valence-electron chi connectivity index (χ0n) is 10.4. The number of amides is 2. The number of hydrogen-bond donors (Lipinski definition) is 1. The number of urea groups is 1. The Morgan fingerprint density at radius 1 is 1.45 bits per heavy atom. The molecule has 0 unspecified atom stereocenters. The highest BCUT2D eigenvalue weighted by molar-refractivity contribution is 7.80. The van der Waals surface area contributed by atoms with Crippen LogP contribution in [-0.4, -0.2) is 62.6 Å². The van der Waals surface area contributed by atoms with E-state index in [2.05, 4.69) is 14.6 Å². The molecule has 0 radical (unpaired) electrons. The third-order valence-corrected chi connectivity index (χ3v) is 3.84. The zero-order chi connectivity index (χ0) is 14.3. The minimum absolute atomic E-state index is 0.101. The van der Waals surface area contributed by atoms with Gasteiger partial charge in [0.05, 0.1) is 24.8 Å². The Hall–Kier alpha value is -1.72. The summed E-state index contributed by atoms with van der Waals surface area (Å²) in [7, 11) is -4.70. The molecule has 20 heavy (non-hydrogen) atoms. The number of piperidine rings is 1. The number of carbonyl (C=O) groups is 1. The van der Waals surface area contributed by atoms with E-state index in [0.717, 1.165) is 5.06 Å². The van der Waals surface area contributed by atoms with Crippen molar-refractivity contribution in [2.45, 2.75) is 31.5 Å². The quantitative estimate of drug-likeness (QED) is 0.729. The number of fused-ring (bicyclic) bond motifs is 2. The Bertz CT molecular complexity index is 602. The van der Waals surface area contributed by atoms with Gasteiger partial charge in [0.1, 0.15) is 0 Å². The number of hydroxylamine groups is 2. The van der Waals surface area contributed by atoms with E-state index in [0.29, 0.717) is 25.9 Å². The number of rotatable bonds is 4. The standard InChI is InChI=1S/C9H13N5O5S/c15-9-13-6-8(14(9)19-20(16,17)18)2-1-7(13)5-12-4-3-10-11-12/h3-4,7-8H,1-2,5-6H2,(H,16,17,18)/t7-,8+/m0/s1. The van der Waals surface area contributed by atoms with E-state index in [1.807, 2.05) is 0 Å². The van der Waals surface area contributed by atoms with Crippen LogP contribution in [0.1, 0.15) is 12.8 Å². The van der Waals surface area contributed by atoms with Gasteiger partial charge < -0.3 is 4.90 Å². The molecule has 0 spiro atoms. The molecule has 2 fully saturated rings. The maximum Gasteiger partial charge on any atom is 0.418 e. The number of nitrogens with zero attached hydrogens (tertiary/aromatic N) is 5. The van der Waals surface area contributed by atoms with E-state index in [1.54, 1.807) is 17.1 Å². The van der Waals surface area contributed by atoms with Crippen molar-refractivity contribution >= 4 is 16.4 Å². The van der Waals surface area contributed by atoms with Crippen molar-refractivity contribution in [3.63, 3.8) is 0 Å². The van der Waals surface area contributed by atoms with Crippen molar-refractivity contribution in [1.29, 1.82) is 0 Å². The Kier molecular flexibility index (Phi) is 3.11. The first-order chi connectivity index (χ1) is 9.44. The summed E-state index contributed by atoms with van der Waals surface area (Å²) in [5, 5.41) is 8.27. The second kappa shape index (κ2) is 4.68. The fourth-order valence-corrected chi connectivity index (χ4v) is 3.04. The maximum absolute atomic E-state index is 12.1. The van der Waals surface area contributed by atoms with Crippen LogP contribution in [0.4, 0.5) is 4.79 Å². The van der Waals surface area contributed by atoms with Crippen LogP contribution in [0.5, 0.6) is 0 Å². The fraction of sp³-hybridized carbons (Fsp3) is 0.667. The summed E-state index contributed by atoms with van der Waals surface area (Å²) in [4.78, 5) is 13.6. The van der Waals surface area contributed by atoms with E-state index in [4.69, 9.17) is 4.55 Å². The van der Waals surface area contributed by atoms with Crippen LogP contribution in [0.2, 0.25) is 0 Å². The average Bonchev–Trinajstić information content (AvgIpc) is 2.94. The van der Waals surface area contributed by atoms with Gasteiger partial charge in [0.15, 0.2) is 0 Å². The van der Waals surface area contributed by atoms with Crippen molar-refractivity contribution in [3.8, 4) is 0 Å². The summed E-state index contributed by atoms with van der Waals surface area (Å²) in [6.45, 7) is 0.853. The molecule has 2 saturated heterocycles. The first-order valence-corrected chi connectivity index (χ1v) is 7.41. The smallest absolute Gasteiger partial charge is 0.316 e. The lowest BCUT2D eigenvalue weighted by Gasteiger charge is -2.29. The summed E-state index contributed by atoms with van der Waals surface area (Å²) in [6, 6.07) is -1.03. The van der Waals surface area contributed by atoms with Gasteiger partial charge in [-0.1, -0.05) is 5.21 Å². The zero-order valence-corrected chi connectivity index (χ0v) is 11.2. The van der Waals surface area contributed by atoms with Gasteiger partial charge in [-0.25, -0.2) is 4.79 Å². The van der Waals surface area contributed by atoms with Crippen molar-refractivity contribution in [2.24, 2.45) is 0 Å². The van der Waals surface area contributed by atoms with Gasteiger partial charge in [-0.05, 0) is 12.8 Å². The molecule has 2 amide bonds. The van der Waals surface area contributed by atoms with Gasteiger partial charge in [-0.3, -0.25) is 9.23 Å². The molecule has 10 nitrogen and oxygen atoms in total. The summed E-state index contributed by atoms with van der Waals surface area (Å²) in [6.07, 6.45) is 4.53. The van der Waals surface area contributed by atoms with Gasteiger partial charge in [-0.15, -0.1) is 9.38 Å². The molecule has 1 aromatic rings. The fourth-order valence-electron chi connectivity index (χ4n) is 2.65. The Morgan fingerprint density at radius 2 is 2.25 bits per heavy atom. The molecule has 3 rings (SSSR count). The lowest BCUT2D eigenvalue weighted by molar-refractivity contribution is -0.0317. The van der Waals surface area contributed by atoms with E-state index in [1.165, 1.54) is 4.90 Å². The van der Waals surface area contributed by atoms with Crippen LogP contribution in [0.25, 0.3) is 0 Å². The van der Waals surface area contributed by atoms with Crippen molar-refractivity contribution in [1.82, 2.24) is 25.0 Å². The van der Waals surface area contributed by atoms with E-state index in [-0.39, 0.29) is 12.1 Å². The second-order valence-corrected chi connectivity index (χ2v) is 5.78. The lowest BCUT2D eigenvalue weighted by atomic mass is 10.0. The van der Waals surface area contributed by atoms with Crippen LogP contribution >= 0.6 is 0 Å². The molecule has 3 heterocycles. The largest absolute Gasteiger partial charge is 0.418 e. The van der Waals surface area contributed by atoms with Crippen LogP contribution in [0.3, 0.4) is 0 Å². The molecule has 1 aromatic heterocycles. The third kappa shape index (κ3) is 2.46. The SMILES string of the molecule is O=C1N2C[C@@H](CC[C@H]2Cn2ccnn2)N1OS(=O)(=O)O. The molecule has 0 saturated carbocycles. The highest BCUT2D eigenvalue weighted by atomic mass is 32.3. The minimum Gasteiger partial charge on any atom is -0.316 e. The van der Waals surface area contributed by atoms with Crippen LogP contribution in [-0.2, 0) is 21.2 Å². The van der Waals surface area contributed by atoms with Crippen molar-refractivity contribution in [2.75, 3.05) is 6.54 Å².